The molecule has 1 aromatic rings. The van der Waals surface area contributed by atoms with E-state index in [-0.39, 0.29) is 0 Å². The molecule has 0 spiro atoms. The Morgan fingerprint density at radius 2 is 2.47 bits per heavy atom. The molecule has 0 saturated carbocycles. The lowest BCUT2D eigenvalue weighted by molar-refractivity contribution is -0.703. The first-order valence-electron chi connectivity index (χ1n) is 5.39. The van der Waals surface area contributed by atoms with Crippen LogP contribution in [0.3, 0.4) is 0 Å². The molecule has 1 N–H and O–H groups in total. The molecule has 0 unspecified atom stereocenters. The van der Waals surface area contributed by atoms with E-state index in [9.17, 15) is 0 Å². The van der Waals surface area contributed by atoms with Crippen molar-refractivity contribution in [3.8, 4) is 6.07 Å². The minimum atomic E-state index is 0.614. The molecule has 0 aliphatic rings. The van der Waals surface area contributed by atoms with Crippen LogP contribution in [0.1, 0.15) is 25.6 Å². The van der Waals surface area contributed by atoms with E-state index in [1.54, 1.807) is 0 Å². The van der Waals surface area contributed by atoms with Gasteiger partial charge in [-0.15, -0.1) is 0 Å². The third kappa shape index (κ3) is 4.13. The third-order valence-electron chi connectivity index (χ3n) is 2.23. The van der Waals surface area contributed by atoms with Crippen LogP contribution in [-0.4, -0.2) is 18.2 Å². The summed E-state index contributed by atoms with van der Waals surface area (Å²) in [7, 11) is 0. The van der Waals surface area contributed by atoms with E-state index in [4.69, 9.17) is 10.00 Å². The zero-order valence-electron chi connectivity index (χ0n) is 9.20. The van der Waals surface area contributed by atoms with Crippen LogP contribution in [-0.2, 0) is 17.7 Å². The van der Waals surface area contributed by atoms with Gasteiger partial charge in [0.2, 0.25) is 0 Å². The molecule has 82 valence electrons. The standard InChI is InChI=1S/C11H17N3O/c1-2-15-10-5-11-13-7-9-14(11)8-4-3-6-12/h7,9H,2-5,8,10H2,1H3/p+1. The molecule has 1 aromatic heterocycles. The topological polar surface area (TPSA) is 52.7 Å². The van der Waals surface area contributed by atoms with E-state index in [0.29, 0.717) is 6.42 Å². The Morgan fingerprint density at radius 1 is 1.60 bits per heavy atom. The molecule has 4 heteroatoms. The minimum absolute atomic E-state index is 0.614. The number of imidazole rings is 1. The van der Waals surface area contributed by atoms with Crippen LogP contribution in [0.4, 0.5) is 0 Å². The lowest BCUT2D eigenvalue weighted by Crippen LogP contribution is -2.36. The minimum Gasteiger partial charge on any atom is -0.381 e. The van der Waals surface area contributed by atoms with Gasteiger partial charge in [0.1, 0.15) is 12.4 Å². The highest BCUT2D eigenvalue weighted by atomic mass is 16.5. The number of aromatic nitrogens is 2. The molecule has 0 bridgehead atoms. The van der Waals surface area contributed by atoms with Crippen molar-refractivity contribution in [2.75, 3.05) is 13.2 Å². The van der Waals surface area contributed by atoms with Gasteiger partial charge in [-0.1, -0.05) is 0 Å². The number of nitriles is 1. The van der Waals surface area contributed by atoms with Crippen LogP contribution in [0, 0.1) is 11.3 Å². The number of unbranched alkanes of at least 4 members (excludes halogenated alkanes) is 1. The van der Waals surface area contributed by atoms with Crippen molar-refractivity contribution in [1.29, 1.82) is 5.26 Å². The fraction of sp³-hybridized carbons (Fsp3) is 0.636. The van der Waals surface area contributed by atoms with Gasteiger partial charge in [-0.25, -0.2) is 9.55 Å². The summed E-state index contributed by atoms with van der Waals surface area (Å²) in [5.41, 5.74) is 0. The van der Waals surface area contributed by atoms with E-state index in [1.165, 1.54) is 5.82 Å². The highest BCUT2D eigenvalue weighted by Gasteiger charge is 2.09. The normalized spacial score (nSPS) is 10.1. The average molecular weight is 208 g/mol. The van der Waals surface area contributed by atoms with Crippen molar-refractivity contribution < 1.29 is 9.30 Å². The summed E-state index contributed by atoms with van der Waals surface area (Å²) in [6, 6.07) is 2.15. The van der Waals surface area contributed by atoms with E-state index in [2.05, 4.69) is 15.6 Å². The van der Waals surface area contributed by atoms with E-state index in [0.717, 1.165) is 32.6 Å². The smallest absolute Gasteiger partial charge is 0.256 e. The molecule has 15 heavy (non-hydrogen) atoms. The van der Waals surface area contributed by atoms with Gasteiger partial charge in [0.15, 0.2) is 0 Å². The van der Waals surface area contributed by atoms with Crippen molar-refractivity contribution in [3.05, 3.63) is 18.2 Å². The molecule has 1 heterocycles. The number of ether oxygens (including phenoxy) is 1. The Morgan fingerprint density at radius 3 is 3.20 bits per heavy atom. The van der Waals surface area contributed by atoms with Crippen LogP contribution in [0.15, 0.2) is 12.4 Å². The SMILES string of the molecule is CCOCCc1[nH]cc[n+]1CCCC#N. The van der Waals surface area contributed by atoms with Gasteiger partial charge in [0.25, 0.3) is 5.82 Å². The molecule has 0 fully saturated rings. The molecule has 0 radical (unpaired) electrons. The van der Waals surface area contributed by atoms with Gasteiger partial charge in [0.05, 0.1) is 25.6 Å². The quantitative estimate of drug-likeness (QED) is 0.540. The summed E-state index contributed by atoms with van der Waals surface area (Å²) in [6.45, 7) is 4.40. The lowest BCUT2D eigenvalue weighted by atomic mass is 10.3. The first-order chi connectivity index (χ1) is 7.38. The molecule has 0 aliphatic heterocycles. The third-order valence-corrected chi connectivity index (χ3v) is 2.23. The zero-order valence-corrected chi connectivity index (χ0v) is 9.20. The number of rotatable bonds is 7. The number of nitrogens with zero attached hydrogens (tertiary/aromatic N) is 2. The molecule has 4 nitrogen and oxygen atoms in total. The Bertz CT molecular complexity index is 314. The highest BCUT2D eigenvalue weighted by Crippen LogP contribution is 1.93. The van der Waals surface area contributed by atoms with Gasteiger partial charge in [-0.3, -0.25) is 0 Å². The summed E-state index contributed by atoms with van der Waals surface area (Å²) >= 11 is 0. The molecular formula is C11H18N3O+. The summed E-state index contributed by atoms with van der Waals surface area (Å²) in [5.74, 6) is 1.17. The van der Waals surface area contributed by atoms with Crippen molar-refractivity contribution in [2.24, 2.45) is 0 Å². The van der Waals surface area contributed by atoms with Gasteiger partial charge in [0, 0.05) is 13.0 Å². The van der Waals surface area contributed by atoms with Crippen LogP contribution in [0.5, 0.6) is 0 Å². The van der Waals surface area contributed by atoms with Gasteiger partial charge < -0.3 is 4.74 Å². The zero-order chi connectivity index (χ0) is 10.9. The molecule has 0 amide bonds. The summed E-state index contributed by atoms with van der Waals surface area (Å²) in [6.07, 6.45) is 6.35. The second kappa shape index (κ2) is 7.02. The summed E-state index contributed by atoms with van der Waals surface area (Å²) < 4.78 is 7.45. The number of nitrogens with one attached hydrogen (secondary N) is 1. The summed E-state index contributed by atoms with van der Waals surface area (Å²) in [5, 5.41) is 8.45. The Balaban J connectivity index is 2.36. The monoisotopic (exact) mass is 208 g/mol. The summed E-state index contributed by atoms with van der Waals surface area (Å²) in [4.78, 5) is 3.19. The Labute approximate surface area is 90.5 Å². The van der Waals surface area contributed by atoms with Crippen LogP contribution >= 0.6 is 0 Å². The molecular weight excluding hydrogens is 190 g/mol. The number of aromatic amines is 1. The molecule has 0 aromatic carbocycles. The fourth-order valence-electron chi connectivity index (χ4n) is 1.46. The number of hydrogen-bond donors (Lipinski definition) is 1. The molecule has 0 saturated heterocycles. The number of H-pyrrole nitrogens is 1. The average Bonchev–Trinajstić information content (AvgIpc) is 2.67. The number of hydrogen-bond acceptors (Lipinski definition) is 2. The predicted molar refractivity (Wildman–Crippen MR) is 56.0 cm³/mol. The first-order valence-corrected chi connectivity index (χ1v) is 5.39. The van der Waals surface area contributed by atoms with Gasteiger partial charge in [-0.2, -0.15) is 5.26 Å². The van der Waals surface area contributed by atoms with E-state index in [1.807, 2.05) is 19.3 Å². The molecule has 0 aliphatic carbocycles. The van der Waals surface area contributed by atoms with Crippen molar-refractivity contribution in [3.63, 3.8) is 0 Å². The van der Waals surface area contributed by atoms with Crippen molar-refractivity contribution in [2.45, 2.75) is 32.7 Å². The van der Waals surface area contributed by atoms with Gasteiger partial charge >= 0.3 is 0 Å². The predicted octanol–water partition coefficient (Wildman–Crippen LogP) is 1.18. The maximum absolute atomic E-state index is 8.45. The van der Waals surface area contributed by atoms with Crippen LogP contribution in [0.25, 0.3) is 0 Å². The second-order valence-corrected chi connectivity index (χ2v) is 3.31. The largest absolute Gasteiger partial charge is 0.381 e. The number of aryl methyl sites for hydroxylation is 1. The Kier molecular flexibility index (Phi) is 5.49. The van der Waals surface area contributed by atoms with Crippen LogP contribution < -0.4 is 4.57 Å². The Hall–Kier alpha value is -1.34. The van der Waals surface area contributed by atoms with E-state index < -0.39 is 0 Å². The van der Waals surface area contributed by atoms with E-state index >= 15 is 0 Å². The van der Waals surface area contributed by atoms with Crippen LogP contribution in [0.2, 0.25) is 0 Å². The molecule has 0 atom stereocenters. The van der Waals surface area contributed by atoms with Gasteiger partial charge in [-0.05, 0) is 13.3 Å². The maximum atomic E-state index is 8.45. The van der Waals surface area contributed by atoms with Crippen molar-refractivity contribution in [1.82, 2.24) is 4.98 Å². The lowest BCUT2D eigenvalue weighted by Gasteiger charge is -2.00. The fourth-order valence-corrected chi connectivity index (χ4v) is 1.46. The highest BCUT2D eigenvalue weighted by molar-refractivity contribution is 4.77. The second-order valence-electron chi connectivity index (χ2n) is 3.31. The molecule has 1 rings (SSSR count). The first kappa shape index (κ1) is 11.7. The maximum Gasteiger partial charge on any atom is 0.256 e. The van der Waals surface area contributed by atoms with Crippen molar-refractivity contribution >= 4 is 0 Å².